The summed E-state index contributed by atoms with van der Waals surface area (Å²) in [5.74, 6) is -0.731. The lowest BCUT2D eigenvalue weighted by Gasteiger charge is -2.38. The van der Waals surface area contributed by atoms with Crippen molar-refractivity contribution in [3.8, 4) is 0 Å². The Kier molecular flexibility index (Phi) is 2.80. The summed E-state index contributed by atoms with van der Waals surface area (Å²) in [5, 5.41) is 10.2. The van der Waals surface area contributed by atoms with Crippen molar-refractivity contribution in [3.63, 3.8) is 0 Å². The number of hydrogen-bond acceptors (Lipinski definition) is 4. The number of fused-ring (bicyclic) bond motifs is 1. The highest BCUT2D eigenvalue weighted by Crippen LogP contribution is 2.39. The summed E-state index contributed by atoms with van der Waals surface area (Å²) in [6.45, 7) is 3.65. The molecule has 4 nitrogen and oxygen atoms in total. The van der Waals surface area contributed by atoms with Gasteiger partial charge in [-0.05, 0) is 17.7 Å². The minimum absolute atomic E-state index is 0.0624. The number of ketones is 1. The molecule has 1 heterocycles. The van der Waals surface area contributed by atoms with E-state index in [0.717, 1.165) is 0 Å². The number of hydrogen-bond donors (Lipinski definition) is 1. The number of aliphatic hydroxyl groups is 1. The number of carbonyl (C=O) groups is 1. The second kappa shape index (κ2) is 3.97. The highest BCUT2D eigenvalue weighted by atomic mass is 16.7. The molecule has 4 heteroatoms. The average molecular weight is 222 g/mol. The van der Waals surface area contributed by atoms with Crippen LogP contribution in [0.25, 0.3) is 0 Å². The average Bonchev–Trinajstić information content (AvgIpc) is 2.56. The van der Waals surface area contributed by atoms with Crippen LogP contribution in [0.5, 0.6) is 0 Å². The molecule has 86 valence electrons. The molecule has 2 rings (SSSR count). The van der Waals surface area contributed by atoms with E-state index in [0.29, 0.717) is 5.57 Å². The van der Waals surface area contributed by atoms with Gasteiger partial charge in [0.15, 0.2) is 12.1 Å². The van der Waals surface area contributed by atoms with E-state index in [-0.39, 0.29) is 12.4 Å². The predicted octanol–water partition coefficient (Wildman–Crippen LogP) is 0.588. The standard InChI is InChI=1S/C12H14O4/c1-3-4-8-10-9(13)5-6-12(10,14)7-16-11(8)15-2/h3-6,10-11,14H,1,7H2,2H3. The van der Waals surface area contributed by atoms with Crippen molar-refractivity contribution in [3.05, 3.63) is 36.5 Å². The molecule has 0 saturated carbocycles. The summed E-state index contributed by atoms with van der Waals surface area (Å²) in [5.41, 5.74) is -0.623. The summed E-state index contributed by atoms with van der Waals surface area (Å²) in [4.78, 5) is 11.7. The van der Waals surface area contributed by atoms with E-state index in [4.69, 9.17) is 9.47 Å². The van der Waals surface area contributed by atoms with Gasteiger partial charge in [0, 0.05) is 7.11 Å². The van der Waals surface area contributed by atoms with Crippen molar-refractivity contribution in [2.75, 3.05) is 13.7 Å². The van der Waals surface area contributed by atoms with Crippen molar-refractivity contribution in [1.29, 1.82) is 0 Å². The molecular weight excluding hydrogens is 208 g/mol. The minimum atomic E-state index is -1.24. The lowest BCUT2D eigenvalue weighted by molar-refractivity contribution is -0.177. The van der Waals surface area contributed by atoms with E-state index in [1.807, 2.05) is 0 Å². The normalized spacial score (nSPS) is 40.1. The molecule has 1 aliphatic carbocycles. The first kappa shape index (κ1) is 11.3. The quantitative estimate of drug-likeness (QED) is 0.743. The topological polar surface area (TPSA) is 55.8 Å². The van der Waals surface area contributed by atoms with Crippen molar-refractivity contribution in [1.82, 2.24) is 0 Å². The van der Waals surface area contributed by atoms with Gasteiger partial charge in [0.1, 0.15) is 5.60 Å². The van der Waals surface area contributed by atoms with E-state index in [9.17, 15) is 9.90 Å². The Bertz CT molecular complexity index is 382. The molecule has 1 saturated heterocycles. The van der Waals surface area contributed by atoms with Gasteiger partial charge >= 0.3 is 0 Å². The van der Waals surface area contributed by atoms with Gasteiger partial charge in [0.2, 0.25) is 0 Å². The van der Waals surface area contributed by atoms with E-state index in [2.05, 4.69) is 6.58 Å². The van der Waals surface area contributed by atoms with Crippen LogP contribution in [0.4, 0.5) is 0 Å². The third-order valence-corrected chi connectivity index (χ3v) is 2.92. The third kappa shape index (κ3) is 1.55. The van der Waals surface area contributed by atoms with Gasteiger partial charge in [0.25, 0.3) is 0 Å². The Morgan fingerprint density at radius 2 is 2.50 bits per heavy atom. The second-order valence-electron chi connectivity index (χ2n) is 3.94. The van der Waals surface area contributed by atoms with Gasteiger partial charge in [-0.25, -0.2) is 0 Å². The monoisotopic (exact) mass is 222 g/mol. The molecule has 1 N–H and O–H groups in total. The molecule has 3 unspecified atom stereocenters. The zero-order chi connectivity index (χ0) is 11.8. The maximum atomic E-state index is 11.7. The molecule has 1 fully saturated rings. The van der Waals surface area contributed by atoms with Gasteiger partial charge in [-0.2, -0.15) is 0 Å². The van der Waals surface area contributed by atoms with Crippen LogP contribution in [0.2, 0.25) is 0 Å². The number of ether oxygens (including phenoxy) is 2. The number of allylic oxidation sites excluding steroid dienone is 3. The Morgan fingerprint density at radius 3 is 3.12 bits per heavy atom. The predicted molar refractivity (Wildman–Crippen MR) is 57.6 cm³/mol. The maximum Gasteiger partial charge on any atom is 0.180 e. The largest absolute Gasteiger partial charge is 0.382 e. The molecule has 16 heavy (non-hydrogen) atoms. The highest BCUT2D eigenvalue weighted by molar-refractivity contribution is 5.98. The minimum Gasteiger partial charge on any atom is -0.382 e. The molecule has 2 aliphatic rings. The van der Waals surface area contributed by atoms with Gasteiger partial charge in [-0.1, -0.05) is 18.7 Å². The number of methoxy groups -OCH3 is 1. The summed E-state index contributed by atoms with van der Waals surface area (Å²) in [6.07, 6.45) is 5.51. The van der Waals surface area contributed by atoms with Crippen molar-refractivity contribution >= 4 is 5.78 Å². The molecule has 0 spiro atoms. The Hall–Kier alpha value is -1.23. The lowest BCUT2D eigenvalue weighted by Crippen LogP contribution is -2.50. The van der Waals surface area contributed by atoms with E-state index >= 15 is 0 Å². The molecule has 0 aromatic heterocycles. The Labute approximate surface area is 93.9 Å². The van der Waals surface area contributed by atoms with Crippen LogP contribution < -0.4 is 0 Å². The van der Waals surface area contributed by atoms with Gasteiger partial charge < -0.3 is 14.6 Å². The van der Waals surface area contributed by atoms with Crippen LogP contribution >= 0.6 is 0 Å². The van der Waals surface area contributed by atoms with Crippen LogP contribution in [0.3, 0.4) is 0 Å². The fourth-order valence-electron chi connectivity index (χ4n) is 2.21. The maximum absolute atomic E-state index is 11.7. The van der Waals surface area contributed by atoms with Gasteiger partial charge in [-0.3, -0.25) is 4.79 Å². The SMILES string of the molecule is C=CC=C1C(OC)OCC2(O)C=CC(=O)C12. The first-order chi connectivity index (χ1) is 7.62. The molecule has 0 aromatic carbocycles. The van der Waals surface area contributed by atoms with Gasteiger partial charge in [-0.15, -0.1) is 0 Å². The number of carbonyl (C=O) groups excluding carboxylic acids is 1. The molecule has 1 aliphatic heterocycles. The summed E-state index contributed by atoms with van der Waals surface area (Å²) in [6, 6.07) is 0. The molecule has 0 radical (unpaired) electrons. The summed E-state index contributed by atoms with van der Waals surface area (Å²) < 4.78 is 10.5. The van der Waals surface area contributed by atoms with Gasteiger partial charge in [0.05, 0.1) is 12.5 Å². The molecule has 0 aromatic rings. The van der Waals surface area contributed by atoms with Crippen LogP contribution in [0.1, 0.15) is 0 Å². The highest BCUT2D eigenvalue weighted by Gasteiger charge is 2.50. The van der Waals surface area contributed by atoms with Crippen LogP contribution in [0.15, 0.2) is 36.5 Å². The lowest BCUT2D eigenvalue weighted by atomic mass is 9.81. The van der Waals surface area contributed by atoms with Crippen molar-refractivity contribution < 1.29 is 19.4 Å². The summed E-state index contributed by atoms with van der Waals surface area (Å²) in [7, 11) is 1.50. The number of rotatable bonds is 2. The van der Waals surface area contributed by atoms with E-state index in [1.165, 1.54) is 19.3 Å². The Balaban J connectivity index is 2.40. The zero-order valence-electron chi connectivity index (χ0n) is 9.05. The molecular formula is C12H14O4. The second-order valence-corrected chi connectivity index (χ2v) is 3.94. The molecule has 3 atom stereocenters. The fraction of sp³-hybridized carbons (Fsp3) is 0.417. The smallest absolute Gasteiger partial charge is 0.180 e. The molecule has 0 bridgehead atoms. The van der Waals surface area contributed by atoms with Crippen LogP contribution in [-0.2, 0) is 14.3 Å². The third-order valence-electron chi connectivity index (χ3n) is 2.92. The fourth-order valence-corrected chi connectivity index (χ4v) is 2.21. The zero-order valence-corrected chi connectivity index (χ0v) is 9.05. The Morgan fingerprint density at radius 1 is 1.75 bits per heavy atom. The first-order valence-electron chi connectivity index (χ1n) is 5.05. The van der Waals surface area contributed by atoms with Crippen molar-refractivity contribution in [2.45, 2.75) is 11.9 Å². The van der Waals surface area contributed by atoms with Crippen molar-refractivity contribution in [2.24, 2.45) is 5.92 Å². The van der Waals surface area contributed by atoms with Crippen LogP contribution in [0, 0.1) is 5.92 Å². The molecule has 0 amide bonds. The van der Waals surface area contributed by atoms with Crippen LogP contribution in [-0.4, -0.2) is 36.5 Å². The summed E-state index contributed by atoms with van der Waals surface area (Å²) >= 11 is 0. The van der Waals surface area contributed by atoms with E-state index < -0.39 is 17.8 Å². The first-order valence-corrected chi connectivity index (χ1v) is 5.05. The van der Waals surface area contributed by atoms with E-state index in [1.54, 1.807) is 12.2 Å².